The summed E-state index contributed by atoms with van der Waals surface area (Å²) in [5.74, 6) is -2.07. The van der Waals surface area contributed by atoms with Gasteiger partial charge in [0, 0.05) is 41.3 Å². The Hall–Kier alpha value is -2.77. The minimum absolute atomic E-state index is 0.249. The van der Waals surface area contributed by atoms with Crippen LogP contribution in [-0.2, 0) is 16.0 Å². The molecule has 2 aromatic heterocycles. The highest BCUT2D eigenvalue weighted by Crippen LogP contribution is 2.32. The van der Waals surface area contributed by atoms with Crippen molar-refractivity contribution in [3.63, 3.8) is 0 Å². The van der Waals surface area contributed by atoms with Crippen molar-refractivity contribution in [2.45, 2.75) is 12.8 Å². The summed E-state index contributed by atoms with van der Waals surface area (Å²) in [5, 5.41) is 12.1. The summed E-state index contributed by atoms with van der Waals surface area (Å²) in [6.07, 6.45) is 1.60. The molecule has 0 aliphatic carbocycles. The van der Waals surface area contributed by atoms with Crippen LogP contribution in [-0.4, -0.2) is 34.0 Å². The van der Waals surface area contributed by atoms with Gasteiger partial charge in [-0.2, -0.15) is 0 Å². The van der Waals surface area contributed by atoms with Crippen molar-refractivity contribution < 1.29 is 14.7 Å². The molecular formula is C20H18ClN3O3S. The quantitative estimate of drug-likeness (QED) is 0.626. The number of amides is 1. The Morgan fingerprint density at radius 2 is 1.96 bits per heavy atom. The number of hydrogen-bond donors (Lipinski definition) is 1. The van der Waals surface area contributed by atoms with Gasteiger partial charge >= 0.3 is 5.97 Å². The van der Waals surface area contributed by atoms with Gasteiger partial charge in [-0.1, -0.05) is 35.9 Å². The number of anilines is 1. The monoisotopic (exact) mass is 415 g/mol. The van der Waals surface area contributed by atoms with E-state index in [1.54, 1.807) is 31.4 Å². The Labute approximate surface area is 171 Å². The number of benzene rings is 1. The molecule has 0 saturated carbocycles. The number of hydrogen-bond acceptors (Lipinski definition) is 5. The van der Waals surface area contributed by atoms with E-state index >= 15 is 0 Å². The number of carbonyl (C=O) groups is 2. The molecule has 6 nitrogen and oxygen atoms in total. The maximum atomic E-state index is 13.0. The maximum absolute atomic E-state index is 13.0. The Morgan fingerprint density at radius 1 is 1.21 bits per heavy atom. The molecule has 28 heavy (non-hydrogen) atoms. The first-order valence-corrected chi connectivity index (χ1v) is 9.81. The Morgan fingerprint density at radius 3 is 2.64 bits per heavy atom. The molecule has 0 saturated heterocycles. The van der Waals surface area contributed by atoms with E-state index in [9.17, 15) is 14.7 Å². The van der Waals surface area contributed by atoms with Crippen LogP contribution in [0, 0.1) is 5.92 Å². The van der Waals surface area contributed by atoms with Crippen LogP contribution >= 0.6 is 22.9 Å². The largest absolute Gasteiger partial charge is 0.481 e. The highest BCUT2D eigenvalue weighted by molar-refractivity contribution is 7.14. The first-order chi connectivity index (χ1) is 13.5. The molecule has 1 aromatic carbocycles. The summed E-state index contributed by atoms with van der Waals surface area (Å²) in [7, 11) is 1.60. The van der Waals surface area contributed by atoms with Crippen molar-refractivity contribution in [2.75, 3.05) is 11.9 Å². The van der Waals surface area contributed by atoms with Gasteiger partial charge in [0.05, 0.1) is 18.0 Å². The van der Waals surface area contributed by atoms with Gasteiger partial charge in [0.1, 0.15) is 0 Å². The summed E-state index contributed by atoms with van der Waals surface area (Å²) < 4.78 is 0. The third-order valence-electron chi connectivity index (χ3n) is 4.21. The molecule has 1 unspecified atom stereocenters. The molecule has 0 aliphatic rings. The second-order valence-corrected chi connectivity index (χ2v) is 7.46. The molecule has 1 atom stereocenters. The Bertz CT molecular complexity index is 978. The zero-order chi connectivity index (χ0) is 20.1. The van der Waals surface area contributed by atoms with Gasteiger partial charge in [0.2, 0.25) is 5.91 Å². The number of aromatic nitrogens is 2. The molecule has 1 amide bonds. The van der Waals surface area contributed by atoms with Crippen molar-refractivity contribution in [1.29, 1.82) is 0 Å². The Balaban J connectivity index is 1.81. The highest BCUT2D eigenvalue weighted by Gasteiger charge is 2.27. The van der Waals surface area contributed by atoms with E-state index in [4.69, 9.17) is 11.6 Å². The third kappa shape index (κ3) is 4.74. The van der Waals surface area contributed by atoms with Gasteiger partial charge in [0.15, 0.2) is 5.13 Å². The zero-order valence-electron chi connectivity index (χ0n) is 15.1. The average Bonchev–Trinajstić information content (AvgIpc) is 3.17. The van der Waals surface area contributed by atoms with Crippen molar-refractivity contribution in [2.24, 2.45) is 5.92 Å². The maximum Gasteiger partial charge on any atom is 0.304 e. The molecule has 1 N–H and O–H groups in total. The molecule has 0 fully saturated rings. The number of carboxylic acids is 1. The lowest BCUT2D eigenvalue weighted by Gasteiger charge is -2.20. The fourth-order valence-electron chi connectivity index (χ4n) is 2.81. The Kier molecular flexibility index (Phi) is 6.38. The molecule has 144 valence electrons. The molecule has 0 radical (unpaired) electrons. The minimum Gasteiger partial charge on any atom is -0.481 e. The summed E-state index contributed by atoms with van der Waals surface area (Å²) in [5.41, 5.74) is 2.12. The minimum atomic E-state index is -1.03. The fourth-order valence-corrected chi connectivity index (χ4v) is 3.84. The predicted molar refractivity (Wildman–Crippen MR) is 110 cm³/mol. The first kappa shape index (κ1) is 20.0. The van der Waals surface area contributed by atoms with Gasteiger partial charge < -0.3 is 5.11 Å². The van der Waals surface area contributed by atoms with Crippen LogP contribution in [0.25, 0.3) is 11.3 Å². The average molecular weight is 416 g/mol. The van der Waals surface area contributed by atoms with Crippen molar-refractivity contribution >= 4 is 39.9 Å². The SMILES string of the molecule is CN(C(=O)C(CC(=O)O)Cc1ccccn1)c1nc(-c2ccccc2Cl)cs1. The van der Waals surface area contributed by atoms with Crippen LogP contribution < -0.4 is 4.90 Å². The van der Waals surface area contributed by atoms with E-state index < -0.39 is 11.9 Å². The van der Waals surface area contributed by atoms with Crippen molar-refractivity contribution in [1.82, 2.24) is 9.97 Å². The fraction of sp³-hybridized carbons (Fsp3) is 0.200. The van der Waals surface area contributed by atoms with Crippen LogP contribution in [0.2, 0.25) is 5.02 Å². The van der Waals surface area contributed by atoms with Crippen LogP contribution in [0.15, 0.2) is 54.0 Å². The lowest BCUT2D eigenvalue weighted by Crippen LogP contribution is -2.35. The van der Waals surface area contributed by atoms with Gasteiger partial charge in [-0.25, -0.2) is 4.98 Å². The van der Waals surface area contributed by atoms with E-state index in [1.165, 1.54) is 16.2 Å². The topological polar surface area (TPSA) is 83.4 Å². The first-order valence-electron chi connectivity index (χ1n) is 8.55. The molecule has 2 heterocycles. The van der Waals surface area contributed by atoms with Crippen LogP contribution in [0.3, 0.4) is 0 Å². The summed E-state index contributed by atoms with van der Waals surface area (Å²) in [6.45, 7) is 0. The lowest BCUT2D eigenvalue weighted by molar-refractivity contribution is -0.140. The highest BCUT2D eigenvalue weighted by atomic mass is 35.5. The number of thiazole rings is 1. The predicted octanol–water partition coefficient (Wildman–Crippen LogP) is 4.15. The van der Waals surface area contributed by atoms with Crippen LogP contribution in [0.4, 0.5) is 5.13 Å². The molecule has 0 bridgehead atoms. The molecule has 3 aromatic rings. The number of nitrogens with zero attached hydrogens (tertiary/aromatic N) is 3. The van der Waals surface area contributed by atoms with E-state index in [2.05, 4.69) is 9.97 Å². The van der Waals surface area contributed by atoms with E-state index in [-0.39, 0.29) is 18.7 Å². The molecule has 0 aliphatic heterocycles. The number of halogens is 1. The molecular weight excluding hydrogens is 398 g/mol. The summed E-state index contributed by atoms with van der Waals surface area (Å²) >= 11 is 7.52. The normalized spacial score (nSPS) is 11.8. The van der Waals surface area contributed by atoms with E-state index in [0.717, 1.165) is 5.56 Å². The van der Waals surface area contributed by atoms with Gasteiger partial charge in [-0.3, -0.25) is 19.5 Å². The molecule has 8 heteroatoms. The number of carbonyl (C=O) groups excluding carboxylic acids is 1. The van der Waals surface area contributed by atoms with Gasteiger partial charge in [-0.15, -0.1) is 11.3 Å². The summed E-state index contributed by atoms with van der Waals surface area (Å²) in [4.78, 5) is 34.4. The molecule has 3 rings (SSSR count). The smallest absolute Gasteiger partial charge is 0.304 e. The van der Waals surface area contributed by atoms with Gasteiger partial charge in [-0.05, 0) is 18.2 Å². The van der Waals surface area contributed by atoms with Gasteiger partial charge in [0.25, 0.3) is 0 Å². The number of aliphatic carboxylic acids is 1. The molecule has 0 spiro atoms. The van der Waals surface area contributed by atoms with E-state index in [1.807, 2.05) is 29.6 Å². The third-order valence-corrected chi connectivity index (χ3v) is 5.46. The second-order valence-electron chi connectivity index (χ2n) is 6.21. The van der Waals surface area contributed by atoms with E-state index in [0.29, 0.717) is 21.5 Å². The zero-order valence-corrected chi connectivity index (χ0v) is 16.7. The lowest BCUT2D eigenvalue weighted by atomic mass is 9.97. The number of pyridine rings is 1. The number of carboxylic acid groups (broad SMARTS) is 1. The van der Waals surface area contributed by atoms with Crippen molar-refractivity contribution in [3.05, 3.63) is 64.8 Å². The standard InChI is InChI=1S/C20H18ClN3O3S/c1-24(20-23-17(12-28-20)15-7-2-3-8-16(15)21)19(27)13(11-18(25)26)10-14-6-4-5-9-22-14/h2-9,12-13H,10-11H2,1H3,(H,25,26). The van der Waals surface area contributed by atoms with Crippen LogP contribution in [0.5, 0.6) is 0 Å². The second kappa shape index (κ2) is 8.95. The van der Waals surface area contributed by atoms with Crippen molar-refractivity contribution in [3.8, 4) is 11.3 Å². The van der Waals surface area contributed by atoms with Crippen LogP contribution in [0.1, 0.15) is 12.1 Å². The summed E-state index contributed by atoms with van der Waals surface area (Å²) in [6, 6.07) is 12.7. The number of rotatable bonds is 7.